The second-order valence-electron chi connectivity index (χ2n) is 5.84. The number of aromatic nitrogens is 1. The van der Waals surface area contributed by atoms with E-state index in [-0.39, 0.29) is 22.5 Å². The standard InChI is InChI=1S/C16H17ClF3N3OS/c1-8(2)13(14(24)23-15-21-9(3)7-25-15)22-12-5-4-10(6-11(12)17)16(18,19)20/h4-8,13,22H,1-3H3,(H,21,23,24). The SMILES string of the molecule is Cc1csc(NC(=O)C(Nc2ccc(C(F)(F)F)cc2Cl)C(C)C)n1. The van der Waals surface area contributed by atoms with Crippen LogP contribution in [0.1, 0.15) is 25.1 Å². The minimum atomic E-state index is -4.47. The molecule has 0 saturated heterocycles. The highest BCUT2D eigenvalue weighted by Crippen LogP contribution is 2.34. The number of carbonyl (C=O) groups is 1. The molecule has 0 aliphatic rings. The number of thiazole rings is 1. The molecule has 0 radical (unpaired) electrons. The number of amides is 1. The van der Waals surface area contributed by atoms with Gasteiger partial charge >= 0.3 is 6.18 Å². The maximum absolute atomic E-state index is 12.7. The number of rotatable bonds is 5. The van der Waals surface area contributed by atoms with Gasteiger partial charge in [-0.25, -0.2) is 4.98 Å². The van der Waals surface area contributed by atoms with E-state index in [0.717, 1.165) is 17.8 Å². The van der Waals surface area contributed by atoms with Crippen LogP contribution in [0.3, 0.4) is 0 Å². The third-order valence-corrected chi connectivity index (χ3v) is 4.59. The van der Waals surface area contributed by atoms with Crippen molar-refractivity contribution in [3.05, 3.63) is 39.9 Å². The summed E-state index contributed by atoms with van der Waals surface area (Å²) in [6, 6.07) is 2.30. The molecule has 9 heteroatoms. The number of nitrogens with zero attached hydrogens (tertiary/aromatic N) is 1. The first-order valence-corrected chi connectivity index (χ1v) is 8.70. The Morgan fingerprint density at radius 3 is 2.48 bits per heavy atom. The molecule has 1 aromatic heterocycles. The zero-order valence-corrected chi connectivity index (χ0v) is 15.3. The first-order valence-electron chi connectivity index (χ1n) is 7.44. The molecule has 0 spiro atoms. The Morgan fingerprint density at radius 1 is 1.32 bits per heavy atom. The smallest absolute Gasteiger partial charge is 0.372 e. The molecular formula is C16H17ClF3N3OS. The average Bonchev–Trinajstić information content (AvgIpc) is 2.89. The number of hydrogen-bond acceptors (Lipinski definition) is 4. The van der Waals surface area contributed by atoms with Crippen LogP contribution in [-0.4, -0.2) is 16.9 Å². The third kappa shape index (κ3) is 5.09. The molecule has 1 amide bonds. The van der Waals surface area contributed by atoms with Crippen LogP contribution in [0.25, 0.3) is 0 Å². The van der Waals surface area contributed by atoms with Gasteiger partial charge in [0.25, 0.3) is 0 Å². The Labute approximate surface area is 152 Å². The van der Waals surface area contributed by atoms with Crippen molar-refractivity contribution in [2.45, 2.75) is 33.0 Å². The largest absolute Gasteiger partial charge is 0.416 e. The normalized spacial score (nSPS) is 13.0. The molecule has 2 aromatic rings. The summed E-state index contributed by atoms with van der Waals surface area (Å²) in [5, 5.41) is 7.79. The summed E-state index contributed by atoms with van der Waals surface area (Å²) >= 11 is 7.25. The third-order valence-electron chi connectivity index (χ3n) is 3.41. The fourth-order valence-corrected chi connectivity index (χ4v) is 3.03. The number of aryl methyl sites for hydroxylation is 1. The highest BCUT2D eigenvalue weighted by atomic mass is 35.5. The quantitative estimate of drug-likeness (QED) is 0.736. The number of nitrogens with one attached hydrogen (secondary N) is 2. The molecule has 1 heterocycles. The molecule has 1 unspecified atom stereocenters. The van der Waals surface area contributed by atoms with E-state index in [1.165, 1.54) is 17.4 Å². The summed E-state index contributed by atoms with van der Waals surface area (Å²) < 4.78 is 38.1. The van der Waals surface area contributed by atoms with Crippen LogP contribution < -0.4 is 10.6 Å². The highest BCUT2D eigenvalue weighted by Gasteiger charge is 2.31. The summed E-state index contributed by atoms with van der Waals surface area (Å²) in [5.41, 5.74) is 0.214. The number of halogens is 4. The predicted molar refractivity (Wildman–Crippen MR) is 94.2 cm³/mol. The van der Waals surface area contributed by atoms with Gasteiger partial charge in [-0.15, -0.1) is 11.3 Å². The number of anilines is 2. The van der Waals surface area contributed by atoms with Gasteiger partial charge in [0.1, 0.15) is 6.04 Å². The Kier molecular flexibility index (Phi) is 5.95. The Bertz CT molecular complexity index is 761. The van der Waals surface area contributed by atoms with Gasteiger partial charge in [-0.1, -0.05) is 25.4 Å². The van der Waals surface area contributed by atoms with E-state index in [1.54, 1.807) is 5.38 Å². The lowest BCUT2D eigenvalue weighted by atomic mass is 10.0. The van der Waals surface area contributed by atoms with Crippen LogP contribution in [0.5, 0.6) is 0 Å². The van der Waals surface area contributed by atoms with Crippen molar-refractivity contribution in [2.24, 2.45) is 5.92 Å². The van der Waals surface area contributed by atoms with E-state index in [1.807, 2.05) is 20.8 Å². The van der Waals surface area contributed by atoms with Gasteiger partial charge in [0.2, 0.25) is 5.91 Å². The van der Waals surface area contributed by atoms with Crippen molar-refractivity contribution in [1.29, 1.82) is 0 Å². The topological polar surface area (TPSA) is 54.0 Å². The van der Waals surface area contributed by atoms with E-state index < -0.39 is 17.8 Å². The fraction of sp³-hybridized carbons (Fsp3) is 0.375. The van der Waals surface area contributed by atoms with Gasteiger partial charge in [-0.05, 0) is 31.0 Å². The van der Waals surface area contributed by atoms with Crippen molar-refractivity contribution < 1.29 is 18.0 Å². The summed E-state index contributed by atoms with van der Waals surface area (Å²) in [6.07, 6.45) is -4.47. The Balaban J connectivity index is 2.17. The van der Waals surface area contributed by atoms with E-state index >= 15 is 0 Å². The molecule has 0 bridgehead atoms. The lowest BCUT2D eigenvalue weighted by Crippen LogP contribution is -2.39. The molecule has 136 valence electrons. The predicted octanol–water partition coefficient (Wildman–Crippen LogP) is 5.20. The van der Waals surface area contributed by atoms with Crippen molar-refractivity contribution in [1.82, 2.24) is 4.98 Å². The summed E-state index contributed by atoms with van der Waals surface area (Å²) in [7, 11) is 0. The van der Waals surface area contributed by atoms with E-state index in [9.17, 15) is 18.0 Å². The van der Waals surface area contributed by atoms with Crippen molar-refractivity contribution in [3.63, 3.8) is 0 Å². The number of alkyl halides is 3. The van der Waals surface area contributed by atoms with Crippen LogP contribution >= 0.6 is 22.9 Å². The maximum Gasteiger partial charge on any atom is 0.416 e. The lowest BCUT2D eigenvalue weighted by Gasteiger charge is -2.23. The molecule has 2 rings (SSSR count). The fourth-order valence-electron chi connectivity index (χ4n) is 2.11. The molecule has 4 nitrogen and oxygen atoms in total. The van der Waals surface area contributed by atoms with Gasteiger partial charge in [0.05, 0.1) is 22.0 Å². The zero-order valence-electron chi connectivity index (χ0n) is 13.7. The van der Waals surface area contributed by atoms with Gasteiger partial charge in [0, 0.05) is 5.38 Å². The van der Waals surface area contributed by atoms with Crippen LogP contribution in [0.2, 0.25) is 5.02 Å². The van der Waals surface area contributed by atoms with E-state index in [4.69, 9.17) is 11.6 Å². The molecule has 2 N–H and O–H groups in total. The summed E-state index contributed by atoms with van der Waals surface area (Å²) in [4.78, 5) is 16.6. The van der Waals surface area contributed by atoms with Crippen LogP contribution in [0.15, 0.2) is 23.6 Å². The maximum atomic E-state index is 12.7. The monoisotopic (exact) mass is 391 g/mol. The molecule has 1 aromatic carbocycles. The number of hydrogen-bond donors (Lipinski definition) is 2. The van der Waals surface area contributed by atoms with Crippen LogP contribution in [0, 0.1) is 12.8 Å². The van der Waals surface area contributed by atoms with Gasteiger partial charge in [-0.3, -0.25) is 4.79 Å². The van der Waals surface area contributed by atoms with Crippen molar-refractivity contribution in [2.75, 3.05) is 10.6 Å². The minimum absolute atomic E-state index is 0.0987. The first-order chi connectivity index (χ1) is 11.6. The molecule has 0 saturated carbocycles. The Hall–Kier alpha value is -1.80. The number of carbonyl (C=O) groups excluding carboxylic acids is 1. The van der Waals surface area contributed by atoms with Crippen molar-refractivity contribution in [3.8, 4) is 0 Å². The molecule has 1 atom stereocenters. The molecule has 0 fully saturated rings. The molecule has 0 aliphatic heterocycles. The molecule has 25 heavy (non-hydrogen) atoms. The first kappa shape index (κ1) is 19.5. The van der Waals surface area contributed by atoms with Gasteiger partial charge < -0.3 is 10.6 Å². The lowest BCUT2D eigenvalue weighted by molar-refractivity contribution is -0.137. The number of benzene rings is 1. The average molecular weight is 392 g/mol. The van der Waals surface area contributed by atoms with Gasteiger partial charge in [-0.2, -0.15) is 13.2 Å². The van der Waals surface area contributed by atoms with E-state index in [2.05, 4.69) is 15.6 Å². The highest BCUT2D eigenvalue weighted by molar-refractivity contribution is 7.13. The van der Waals surface area contributed by atoms with E-state index in [0.29, 0.717) is 5.13 Å². The minimum Gasteiger partial charge on any atom is -0.372 e. The molecular weight excluding hydrogens is 375 g/mol. The second kappa shape index (κ2) is 7.61. The summed E-state index contributed by atoms with van der Waals surface area (Å²) in [6.45, 7) is 5.46. The van der Waals surface area contributed by atoms with Gasteiger partial charge in [0.15, 0.2) is 5.13 Å². The summed E-state index contributed by atoms with van der Waals surface area (Å²) in [5.74, 6) is -0.459. The zero-order chi connectivity index (χ0) is 18.8. The second-order valence-corrected chi connectivity index (χ2v) is 7.11. The van der Waals surface area contributed by atoms with Crippen molar-refractivity contribution >= 4 is 39.7 Å². The van der Waals surface area contributed by atoms with Crippen LogP contribution in [0.4, 0.5) is 24.0 Å². The van der Waals surface area contributed by atoms with Crippen LogP contribution in [-0.2, 0) is 11.0 Å². The Morgan fingerprint density at radius 2 is 2.00 bits per heavy atom. The molecule has 0 aliphatic carbocycles.